The molecule has 0 radical (unpaired) electrons. The van der Waals surface area contributed by atoms with Gasteiger partial charge in [0.05, 0.1) is 17.8 Å². The van der Waals surface area contributed by atoms with Crippen LogP contribution >= 0.6 is 23.1 Å². The molecular weight excluding hydrogens is 420 g/mol. The standard InChI is InChI=1S/C22H21ClN4O2S/c1-13-20(22(24-2)30-26-13)21(29)25-17-8-9-18-15(11-17)5-10-19(28)27(18)12-14-3-6-16(23)7-4-14/h3-4,6-9,11,24H,5,10,12H2,1-2H3,(H,25,29). The molecule has 0 saturated heterocycles. The summed E-state index contributed by atoms with van der Waals surface area (Å²) in [5.41, 5.74) is 4.88. The minimum Gasteiger partial charge on any atom is -0.378 e. The van der Waals surface area contributed by atoms with Crippen LogP contribution in [0.2, 0.25) is 5.02 Å². The molecule has 0 saturated carbocycles. The van der Waals surface area contributed by atoms with Gasteiger partial charge in [0.25, 0.3) is 5.91 Å². The van der Waals surface area contributed by atoms with Gasteiger partial charge < -0.3 is 15.5 Å². The van der Waals surface area contributed by atoms with Gasteiger partial charge in [-0.2, -0.15) is 4.37 Å². The fraction of sp³-hybridized carbons (Fsp3) is 0.227. The van der Waals surface area contributed by atoms with Crippen LogP contribution in [0, 0.1) is 6.92 Å². The van der Waals surface area contributed by atoms with Crippen LogP contribution in [0.1, 0.15) is 33.6 Å². The molecule has 0 bridgehead atoms. The minimum atomic E-state index is -0.199. The normalized spacial score (nSPS) is 13.2. The van der Waals surface area contributed by atoms with Crippen LogP contribution in [0.4, 0.5) is 16.4 Å². The van der Waals surface area contributed by atoms with E-state index in [4.69, 9.17) is 11.6 Å². The number of hydrogen-bond donors (Lipinski definition) is 2. The molecular formula is C22H21ClN4O2S. The van der Waals surface area contributed by atoms with Crippen molar-refractivity contribution in [3.8, 4) is 0 Å². The largest absolute Gasteiger partial charge is 0.378 e. The number of fused-ring (bicyclic) bond motifs is 1. The summed E-state index contributed by atoms with van der Waals surface area (Å²) in [5, 5.41) is 7.38. The molecule has 1 aromatic heterocycles. The summed E-state index contributed by atoms with van der Waals surface area (Å²) in [6, 6.07) is 13.2. The first-order valence-corrected chi connectivity index (χ1v) is 10.7. The number of hydrogen-bond acceptors (Lipinski definition) is 5. The molecule has 2 N–H and O–H groups in total. The number of nitrogens with zero attached hydrogens (tertiary/aromatic N) is 2. The molecule has 8 heteroatoms. The fourth-order valence-electron chi connectivity index (χ4n) is 3.58. The average molecular weight is 441 g/mol. The van der Waals surface area contributed by atoms with E-state index in [1.165, 1.54) is 11.5 Å². The number of aryl methyl sites for hydroxylation is 2. The van der Waals surface area contributed by atoms with E-state index in [0.29, 0.717) is 41.4 Å². The van der Waals surface area contributed by atoms with Crippen LogP contribution < -0.4 is 15.5 Å². The number of nitrogens with one attached hydrogen (secondary N) is 2. The molecule has 30 heavy (non-hydrogen) atoms. The maximum atomic E-state index is 12.8. The van der Waals surface area contributed by atoms with E-state index in [9.17, 15) is 9.59 Å². The van der Waals surface area contributed by atoms with E-state index in [1.807, 2.05) is 49.4 Å². The van der Waals surface area contributed by atoms with Crippen molar-refractivity contribution in [3.63, 3.8) is 0 Å². The highest BCUT2D eigenvalue weighted by atomic mass is 35.5. The summed E-state index contributed by atoms with van der Waals surface area (Å²) < 4.78 is 4.25. The second-order valence-corrected chi connectivity index (χ2v) is 8.34. The molecule has 0 unspecified atom stereocenters. The van der Waals surface area contributed by atoms with Crippen LogP contribution in [-0.2, 0) is 17.8 Å². The number of carbonyl (C=O) groups excluding carboxylic acids is 2. The number of benzene rings is 2. The molecule has 0 aliphatic carbocycles. The van der Waals surface area contributed by atoms with E-state index in [1.54, 1.807) is 11.9 Å². The summed E-state index contributed by atoms with van der Waals surface area (Å²) in [6.45, 7) is 2.30. The Morgan fingerprint density at radius 1 is 1.20 bits per heavy atom. The van der Waals surface area contributed by atoms with Crippen molar-refractivity contribution in [1.29, 1.82) is 0 Å². The van der Waals surface area contributed by atoms with Gasteiger partial charge in [0, 0.05) is 29.9 Å². The van der Waals surface area contributed by atoms with Crippen molar-refractivity contribution < 1.29 is 9.59 Å². The van der Waals surface area contributed by atoms with Crippen molar-refractivity contribution >= 4 is 51.3 Å². The van der Waals surface area contributed by atoms with Gasteiger partial charge in [-0.25, -0.2) is 0 Å². The Morgan fingerprint density at radius 3 is 2.70 bits per heavy atom. The topological polar surface area (TPSA) is 74.3 Å². The Morgan fingerprint density at radius 2 is 1.97 bits per heavy atom. The van der Waals surface area contributed by atoms with E-state index in [-0.39, 0.29) is 11.8 Å². The highest BCUT2D eigenvalue weighted by molar-refractivity contribution is 7.10. The van der Waals surface area contributed by atoms with Crippen molar-refractivity contribution in [3.05, 3.63) is 69.9 Å². The van der Waals surface area contributed by atoms with E-state index in [2.05, 4.69) is 15.0 Å². The lowest BCUT2D eigenvalue weighted by molar-refractivity contribution is -0.119. The van der Waals surface area contributed by atoms with Crippen LogP contribution in [0.3, 0.4) is 0 Å². The van der Waals surface area contributed by atoms with Gasteiger partial charge in [0.2, 0.25) is 5.91 Å². The van der Waals surface area contributed by atoms with E-state index < -0.39 is 0 Å². The number of halogens is 1. The van der Waals surface area contributed by atoms with Gasteiger partial charge in [-0.1, -0.05) is 23.7 Å². The van der Waals surface area contributed by atoms with Crippen LogP contribution in [0.15, 0.2) is 42.5 Å². The van der Waals surface area contributed by atoms with Crippen molar-refractivity contribution in [1.82, 2.24) is 4.37 Å². The zero-order chi connectivity index (χ0) is 21.3. The summed E-state index contributed by atoms with van der Waals surface area (Å²) in [5.74, 6) is -0.108. The third kappa shape index (κ3) is 4.04. The van der Waals surface area contributed by atoms with Crippen LogP contribution in [0.5, 0.6) is 0 Å². The number of aromatic nitrogens is 1. The second kappa shape index (κ2) is 8.45. The zero-order valence-corrected chi connectivity index (χ0v) is 18.2. The third-order valence-corrected chi connectivity index (χ3v) is 6.32. The van der Waals surface area contributed by atoms with E-state index >= 15 is 0 Å². The van der Waals surface area contributed by atoms with Crippen LogP contribution in [-0.4, -0.2) is 23.2 Å². The number of amides is 2. The van der Waals surface area contributed by atoms with Crippen molar-refractivity contribution in [2.75, 3.05) is 22.6 Å². The predicted octanol–water partition coefficient (Wildman–Crippen LogP) is 4.88. The second-order valence-electron chi connectivity index (χ2n) is 7.13. The zero-order valence-electron chi connectivity index (χ0n) is 16.7. The lowest BCUT2D eigenvalue weighted by atomic mass is 9.99. The van der Waals surface area contributed by atoms with Crippen molar-refractivity contribution in [2.45, 2.75) is 26.3 Å². The minimum absolute atomic E-state index is 0.0906. The lowest BCUT2D eigenvalue weighted by Gasteiger charge is -2.30. The van der Waals surface area contributed by atoms with Crippen molar-refractivity contribution in [2.24, 2.45) is 0 Å². The first kappa shape index (κ1) is 20.4. The molecule has 0 spiro atoms. The molecule has 154 valence electrons. The highest BCUT2D eigenvalue weighted by Gasteiger charge is 2.25. The van der Waals surface area contributed by atoms with E-state index in [0.717, 1.165) is 21.8 Å². The average Bonchev–Trinajstić information content (AvgIpc) is 3.12. The third-order valence-electron chi connectivity index (χ3n) is 5.11. The maximum Gasteiger partial charge on any atom is 0.260 e. The molecule has 0 fully saturated rings. The SMILES string of the molecule is CNc1snc(C)c1C(=O)Nc1ccc2c(c1)CCC(=O)N2Cc1ccc(Cl)cc1. The monoisotopic (exact) mass is 440 g/mol. The first-order chi connectivity index (χ1) is 14.5. The fourth-order valence-corrected chi connectivity index (χ4v) is 4.45. The van der Waals surface area contributed by atoms with Gasteiger partial charge >= 0.3 is 0 Å². The van der Waals surface area contributed by atoms with Gasteiger partial charge in [-0.3, -0.25) is 9.59 Å². The Bertz CT molecular complexity index is 1110. The van der Waals surface area contributed by atoms with Gasteiger partial charge in [0.15, 0.2) is 0 Å². The highest BCUT2D eigenvalue weighted by Crippen LogP contribution is 2.32. The first-order valence-electron chi connectivity index (χ1n) is 9.59. The molecule has 4 rings (SSSR count). The molecule has 2 heterocycles. The number of anilines is 3. The summed E-state index contributed by atoms with van der Waals surface area (Å²) in [6.07, 6.45) is 1.09. The Hall–Kier alpha value is -2.90. The molecule has 3 aromatic rings. The number of carbonyl (C=O) groups is 2. The summed E-state index contributed by atoms with van der Waals surface area (Å²) in [4.78, 5) is 27.1. The molecule has 0 atom stereocenters. The molecule has 1 aliphatic rings. The molecule has 2 amide bonds. The Balaban J connectivity index is 1.57. The van der Waals surface area contributed by atoms with Gasteiger partial charge in [-0.15, -0.1) is 0 Å². The summed E-state index contributed by atoms with van der Waals surface area (Å²) in [7, 11) is 1.77. The molecule has 1 aliphatic heterocycles. The quantitative estimate of drug-likeness (QED) is 0.593. The predicted molar refractivity (Wildman–Crippen MR) is 122 cm³/mol. The smallest absolute Gasteiger partial charge is 0.260 e. The number of rotatable bonds is 5. The van der Waals surface area contributed by atoms with Crippen LogP contribution in [0.25, 0.3) is 0 Å². The summed E-state index contributed by atoms with van der Waals surface area (Å²) >= 11 is 7.23. The molecule has 2 aromatic carbocycles. The maximum absolute atomic E-state index is 12.8. The Labute approximate surface area is 184 Å². The van der Waals surface area contributed by atoms with Gasteiger partial charge in [-0.05, 0) is 66.3 Å². The lowest BCUT2D eigenvalue weighted by Crippen LogP contribution is -2.34. The van der Waals surface area contributed by atoms with Gasteiger partial charge in [0.1, 0.15) is 5.00 Å². The Kier molecular flexibility index (Phi) is 5.74. The molecule has 6 nitrogen and oxygen atoms in total.